The molecular weight excluding hydrogens is 326 g/mol. The molecule has 2 fully saturated rings. The normalized spacial score (nSPS) is 25.6. The summed E-state index contributed by atoms with van der Waals surface area (Å²) in [6, 6.07) is 10.4. The van der Waals surface area contributed by atoms with Crippen LogP contribution in [0.25, 0.3) is 0 Å². The monoisotopic (exact) mass is 359 g/mol. The van der Waals surface area contributed by atoms with Crippen LogP contribution < -0.4 is 0 Å². The van der Waals surface area contributed by atoms with Crippen molar-refractivity contribution >= 4 is 5.91 Å². The van der Waals surface area contributed by atoms with E-state index in [0.717, 1.165) is 65.1 Å². The first-order valence-electron chi connectivity index (χ1n) is 10.1. The largest absolute Gasteiger partial charge is 0.379 e. The summed E-state index contributed by atoms with van der Waals surface area (Å²) in [5, 5.41) is 11.1. The average Bonchev–Trinajstić information content (AvgIpc) is 2.67. The number of likely N-dealkylation sites (tertiary alicyclic amines) is 1. The van der Waals surface area contributed by atoms with Gasteiger partial charge in [-0.3, -0.25) is 9.69 Å². The van der Waals surface area contributed by atoms with E-state index < -0.39 is 5.60 Å². The Morgan fingerprint density at radius 1 is 1.04 bits per heavy atom. The lowest BCUT2D eigenvalue weighted by Gasteiger charge is -2.43. The molecular formula is C21H33N3O2. The van der Waals surface area contributed by atoms with Crippen molar-refractivity contribution in [3.8, 4) is 0 Å². The number of likely N-dealkylation sites (N-methyl/N-ethyl adjacent to an activating group) is 1. The first-order valence-corrected chi connectivity index (χ1v) is 10.1. The SMILES string of the molecule is CCN1CCN(C[C@@]2(O)CCCN(CCCc3ccccc3)C2=O)CC1. The zero-order valence-corrected chi connectivity index (χ0v) is 16.1. The van der Waals surface area contributed by atoms with Gasteiger partial charge in [-0.05, 0) is 37.8 Å². The van der Waals surface area contributed by atoms with Crippen LogP contribution in [0.15, 0.2) is 30.3 Å². The van der Waals surface area contributed by atoms with Crippen molar-refractivity contribution in [3.05, 3.63) is 35.9 Å². The number of aliphatic hydroxyl groups is 1. The molecule has 2 aliphatic rings. The fraction of sp³-hybridized carbons (Fsp3) is 0.667. The summed E-state index contributed by atoms with van der Waals surface area (Å²) >= 11 is 0. The van der Waals surface area contributed by atoms with Crippen molar-refractivity contribution in [1.82, 2.24) is 14.7 Å². The maximum atomic E-state index is 12.9. The lowest BCUT2D eigenvalue weighted by Crippen LogP contribution is -2.60. The summed E-state index contributed by atoms with van der Waals surface area (Å²) in [5.41, 5.74) is 0.111. The molecule has 0 spiro atoms. The number of hydrogen-bond acceptors (Lipinski definition) is 4. The number of aryl methyl sites for hydroxylation is 1. The highest BCUT2D eigenvalue weighted by molar-refractivity contribution is 5.86. The van der Waals surface area contributed by atoms with Gasteiger partial charge in [-0.25, -0.2) is 0 Å². The number of β-amino-alcohol motifs (C(OH)–C–C–N with tert-alkyl or cyclic N) is 1. The van der Waals surface area contributed by atoms with Crippen LogP contribution in [0, 0.1) is 0 Å². The minimum atomic E-state index is -1.20. The van der Waals surface area contributed by atoms with E-state index in [0.29, 0.717) is 13.0 Å². The second kappa shape index (κ2) is 8.98. The van der Waals surface area contributed by atoms with Gasteiger partial charge in [-0.1, -0.05) is 37.3 Å². The number of carbonyl (C=O) groups is 1. The van der Waals surface area contributed by atoms with Crippen LogP contribution >= 0.6 is 0 Å². The fourth-order valence-electron chi connectivity index (χ4n) is 4.18. The molecule has 0 radical (unpaired) electrons. The van der Waals surface area contributed by atoms with Gasteiger partial charge >= 0.3 is 0 Å². The molecule has 1 aromatic rings. The van der Waals surface area contributed by atoms with Crippen molar-refractivity contribution in [3.63, 3.8) is 0 Å². The van der Waals surface area contributed by atoms with Gasteiger partial charge in [0.1, 0.15) is 0 Å². The van der Waals surface area contributed by atoms with Crippen molar-refractivity contribution in [2.45, 2.75) is 38.2 Å². The molecule has 2 aliphatic heterocycles. The van der Waals surface area contributed by atoms with E-state index in [2.05, 4.69) is 41.0 Å². The van der Waals surface area contributed by atoms with Gasteiger partial charge in [0, 0.05) is 45.8 Å². The first-order chi connectivity index (χ1) is 12.6. The molecule has 3 rings (SSSR count). The molecule has 0 aliphatic carbocycles. The zero-order chi connectivity index (χ0) is 18.4. The lowest BCUT2D eigenvalue weighted by atomic mass is 9.90. The average molecular weight is 360 g/mol. The van der Waals surface area contributed by atoms with Crippen LogP contribution in [0.4, 0.5) is 0 Å². The van der Waals surface area contributed by atoms with Gasteiger partial charge in [0.05, 0.1) is 0 Å². The Balaban J connectivity index is 1.49. The maximum Gasteiger partial charge on any atom is 0.255 e. The molecule has 144 valence electrons. The van der Waals surface area contributed by atoms with Crippen LogP contribution in [-0.4, -0.2) is 83.7 Å². The Morgan fingerprint density at radius 2 is 1.73 bits per heavy atom. The molecule has 5 nitrogen and oxygen atoms in total. The third-order valence-corrected chi connectivity index (χ3v) is 5.84. The molecule has 2 heterocycles. The highest BCUT2D eigenvalue weighted by Gasteiger charge is 2.43. The van der Waals surface area contributed by atoms with E-state index in [1.165, 1.54) is 5.56 Å². The number of amides is 1. The second-order valence-corrected chi connectivity index (χ2v) is 7.73. The Labute approximate surface area is 157 Å². The molecule has 2 saturated heterocycles. The molecule has 0 unspecified atom stereocenters. The van der Waals surface area contributed by atoms with Crippen molar-refractivity contribution < 1.29 is 9.90 Å². The van der Waals surface area contributed by atoms with Crippen LogP contribution in [0.3, 0.4) is 0 Å². The molecule has 1 N–H and O–H groups in total. The fourth-order valence-corrected chi connectivity index (χ4v) is 4.18. The number of nitrogens with zero attached hydrogens (tertiary/aromatic N) is 3. The molecule has 26 heavy (non-hydrogen) atoms. The van der Waals surface area contributed by atoms with E-state index in [-0.39, 0.29) is 5.91 Å². The van der Waals surface area contributed by atoms with E-state index in [9.17, 15) is 9.90 Å². The quantitative estimate of drug-likeness (QED) is 0.804. The van der Waals surface area contributed by atoms with Gasteiger partial charge in [-0.2, -0.15) is 0 Å². The lowest BCUT2D eigenvalue weighted by molar-refractivity contribution is -0.160. The highest BCUT2D eigenvalue weighted by Crippen LogP contribution is 2.25. The standard InChI is InChI=1S/C21H33N3O2/c1-2-22-14-16-23(17-15-22)18-21(26)11-7-13-24(20(21)25)12-6-10-19-8-4-3-5-9-19/h3-5,8-9,26H,2,6-7,10-18H2,1H3/t21-/m0/s1. The number of carbonyl (C=O) groups excluding carboxylic acids is 1. The van der Waals surface area contributed by atoms with Crippen LogP contribution in [-0.2, 0) is 11.2 Å². The van der Waals surface area contributed by atoms with Gasteiger partial charge < -0.3 is 14.9 Å². The molecule has 5 heteroatoms. The smallest absolute Gasteiger partial charge is 0.255 e. The number of piperazine rings is 1. The molecule has 0 aromatic heterocycles. The molecule has 0 saturated carbocycles. The number of hydrogen-bond donors (Lipinski definition) is 1. The Hall–Kier alpha value is -1.43. The van der Waals surface area contributed by atoms with E-state index in [1.807, 2.05) is 11.0 Å². The van der Waals surface area contributed by atoms with Gasteiger partial charge in [-0.15, -0.1) is 0 Å². The highest BCUT2D eigenvalue weighted by atomic mass is 16.3. The van der Waals surface area contributed by atoms with Gasteiger partial charge in [0.25, 0.3) is 5.91 Å². The predicted octanol–water partition coefficient (Wildman–Crippen LogP) is 1.61. The second-order valence-electron chi connectivity index (χ2n) is 7.73. The minimum Gasteiger partial charge on any atom is -0.379 e. The van der Waals surface area contributed by atoms with Crippen LogP contribution in [0.5, 0.6) is 0 Å². The summed E-state index contributed by atoms with van der Waals surface area (Å²) in [6.45, 7) is 9.20. The maximum absolute atomic E-state index is 12.9. The van der Waals surface area contributed by atoms with Crippen LogP contribution in [0.1, 0.15) is 31.7 Å². The molecule has 1 atom stereocenters. The van der Waals surface area contributed by atoms with Gasteiger partial charge in [0.2, 0.25) is 0 Å². The Bertz CT molecular complexity index is 572. The summed E-state index contributed by atoms with van der Waals surface area (Å²) < 4.78 is 0. The van der Waals surface area contributed by atoms with Gasteiger partial charge in [0.15, 0.2) is 5.60 Å². The van der Waals surface area contributed by atoms with Crippen molar-refractivity contribution in [2.24, 2.45) is 0 Å². The molecule has 0 bridgehead atoms. The topological polar surface area (TPSA) is 47.0 Å². The summed E-state index contributed by atoms with van der Waals surface area (Å²) in [4.78, 5) is 19.5. The summed E-state index contributed by atoms with van der Waals surface area (Å²) in [7, 11) is 0. The van der Waals surface area contributed by atoms with Crippen molar-refractivity contribution in [2.75, 3.05) is 52.4 Å². The zero-order valence-electron chi connectivity index (χ0n) is 16.1. The van der Waals surface area contributed by atoms with E-state index in [1.54, 1.807) is 0 Å². The summed E-state index contributed by atoms with van der Waals surface area (Å²) in [6.07, 6.45) is 3.40. The number of rotatable bonds is 7. The predicted molar refractivity (Wildman–Crippen MR) is 104 cm³/mol. The van der Waals surface area contributed by atoms with Crippen LogP contribution in [0.2, 0.25) is 0 Å². The summed E-state index contributed by atoms with van der Waals surface area (Å²) in [5.74, 6) is -0.0604. The van der Waals surface area contributed by atoms with Crippen molar-refractivity contribution in [1.29, 1.82) is 0 Å². The minimum absolute atomic E-state index is 0.0604. The van der Waals surface area contributed by atoms with E-state index >= 15 is 0 Å². The Kier molecular flexibility index (Phi) is 6.68. The van der Waals surface area contributed by atoms with E-state index in [4.69, 9.17) is 0 Å². The number of piperidine rings is 1. The molecule has 1 aromatic carbocycles. The molecule has 1 amide bonds. The number of benzene rings is 1. The first kappa shape index (κ1) is 19.3. The third-order valence-electron chi connectivity index (χ3n) is 5.84. The third kappa shape index (κ3) is 4.84. The Morgan fingerprint density at radius 3 is 2.42 bits per heavy atom.